The first-order chi connectivity index (χ1) is 9.38. The van der Waals surface area contributed by atoms with E-state index in [1.54, 1.807) is 6.92 Å². The number of ether oxygens (including phenoxy) is 3. The molecule has 4 fully saturated rings. The topological polar surface area (TPSA) is 68.2 Å². The quantitative estimate of drug-likeness (QED) is 0.700. The molecule has 0 aromatic rings. The highest BCUT2D eigenvalue weighted by atomic mass is 16.9. The van der Waals surface area contributed by atoms with Gasteiger partial charge in [0, 0.05) is 11.8 Å². The van der Waals surface area contributed by atoms with Crippen molar-refractivity contribution in [3.05, 3.63) is 0 Å². The Balaban J connectivity index is 1.83. The zero-order valence-corrected chi connectivity index (χ0v) is 12.3. The standard InChI is InChI=1S/C15H24O5/c1-7-4-5-9-8(2)12(17)18-13-15(9)10(7)6-11(16)14(3,19-13)20-15/h7-13,16-17H,4-6H2,1-3H3/t7-,8-,9+,10+,11-,12?,13-,14-,15+/m1/s1. The van der Waals surface area contributed by atoms with Crippen LogP contribution in [0.5, 0.6) is 0 Å². The zero-order valence-electron chi connectivity index (χ0n) is 12.3. The lowest BCUT2D eigenvalue weighted by atomic mass is 9.57. The van der Waals surface area contributed by atoms with Gasteiger partial charge < -0.3 is 24.4 Å². The summed E-state index contributed by atoms with van der Waals surface area (Å²) in [6.07, 6.45) is 0.804. The Morgan fingerprint density at radius 1 is 1.10 bits per heavy atom. The predicted octanol–water partition coefficient (Wildman–Crippen LogP) is 1.23. The maximum Gasteiger partial charge on any atom is 0.195 e. The summed E-state index contributed by atoms with van der Waals surface area (Å²) < 4.78 is 18.0. The average molecular weight is 284 g/mol. The summed E-state index contributed by atoms with van der Waals surface area (Å²) in [5.41, 5.74) is -0.496. The van der Waals surface area contributed by atoms with Crippen molar-refractivity contribution in [2.24, 2.45) is 23.7 Å². The van der Waals surface area contributed by atoms with Gasteiger partial charge in [-0.1, -0.05) is 13.8 Å². The maximum atomic E-state index is 10.4. The van der Waals surface area contributed by atoms with E-state index in [1.165, 1.54) is 0 Å². The van der Waals surface area contributed by atoms with Crippen LogP contribution in [0.4, 0.5) is 0 Å². The molecule has 2 N–H and O–H groups in total. The van der Waals surface area contributed by atoms with E-state index in [1.807, 2.05) is 6.92 Å². The van der Waals surface area contributed by atoms with E-state index in [0.717, 1.165) is 12.8 Å². The van der Waals surface area contributed by atoms with Crippen molar-refractivity contribution in [3.8, 4) is 0 Å². The molecule has 9 atom stereocenters. The SMILES string of the molecule is C[C@@H]1CC[C@H]2[C@@H](C)C(O)O[C@@H]3O[C@]4(C)O[C@@]32[C@H]1C[C@H]4O. The predicted molar refractivity (Wildman–Crippen MR) is 69.4 cm³/mol. The van der Waals surface area contributed by atoms with Gasteiger partial charge in [-0.05, 0) is 38.0 Å². The van der Waals surface area contributed by atoms with E-state index in [9.17, 15) is 10.2 Å². The molecule has 5 nitrogen and oxygen atoms in total. The Kier molecular flexibility index (Phi) is 2.66. The first-order valence-electron chi connectivity index (χ1n) is 7.78. The van der Waals surface area contributed by atoms with Crippen LogP contribution in [0.25, 0.3) is 0 Å². The molecule has 5 heteroatoms. The lowest BCUT2D eigenvalue weighted by Gasteiger charge is -2.58. The van der Waals surface area contributed by atoms with Crippen molar-refractivity contribution >= 4 is 0 Å². The van der Waals surface area contributed by atoms with Crippen molar-refractivity contribution in [2.45, 2.75) is 70.1 Å². The minimum Gasteiger partial charge on any atom is -0.388 e. The van der Waals surface area contributed by atoms with Crippen LogP contribution >= 0.6 is 0 Å². The molecule has 1 spiro atoms. The third-order valence-corrected chi connectivity index (χ3v) is 6.30. The number of rotatable bonds is 0. The largest absolute Gasteiger partial charge is 0.388 e. The van der Waals surface area contributed by atoms with Gasteiger partial charge in [0.05, 0.1) is 0 Å². The summed E-state index contributed by atoms with van der Waals surface area (Å²) in [6.45, 7) is 6.04. The van der Waals surface area contributed by atoms with E-state index in [4.69, 9.17) is 14.2 Å². The van der Waals surface area contributed by atoms with Gasteiger partial charge >= 0.3 is 0 Å². The van der Waals surface area contributed by atoms with Crippen LogP contribution in [-0.4, -0.2) is 40.3 Å². The average Bonchev–Trinajstić information content (AvgIpc) is 2.64. The van der Waals surface area contributed by atoms with Gasteiger partial charge in [-0.15, -0.1) is 0 Å². The Hall–Kier alpha value is -0.200. The summed E-state index contributed by atoms with van der Waals surface area (Å²) in [6, 6.07) is 0. The monoisotopic (exact) mass is 284 g/mol. The summed E-state index contributed by atoms with van der Waals surface area (Å²) in [5, 5.41) is 20.5. The van der Waals surface area contributed by atoms with Crippen LogP contribution in [0.2, 0.25) is 0 Å². The van der Waals surface area contributed by atoms with Crippen LogP contribution in [0.3, 0.4) is 0 Å². The van der Waals surface area contributed by atoms with Crippen molar-refractivity contribution in [1.82, 2.24) is 0 Å². The second kappa shape index (κ2) is 3.96. The molecule has 1 unspecified atom stereocenters. The molecule has 1 aliphatic carbocycles. The summed E-state index contributed by atoms with van der Waals surface area (Å²) >= 11 is 0. The highest BCUT2D eigenvalue weighted by Gasteiger charge is 2.73. The molecule has 20 heavy (non-hydrogen) atoms. The molecule has 0 radical (unpaired) electrons. The number of aliphatic hydroxyl groups is 2. The van der Waals surface area contributed by atoms with Crippen LogP contribution in [0.1, 0.15) is 40.0 Å². The highest BCUT2D eigenvalue weighted by molar-refractivity contribution is 5.14. The second-order valence-corrected chi connectivity index (χ2v) is 7.33. The van der Waals surface area contributed by atoms with Crippen molar-refractivity contribution in [2.75, 3.05) is 0 Å². The van der Waals surface area contributed by atoms with E-state index in [2.05, 4.69) is 6.92 Å². The Morgan fingerprint density at radius 3 is 2.60 bits per heavy atom. The molecule has 1 saturated carbocycles. The zero-order chi connectivity index (χ0) is 14.3. The molecule has 0 aromatic heterocycles. The van der Waals surface area contributed by atoms with Gasteiger partial charge in [-0.2, -0.15) is 0 Å². The Labute approximate surface area is 119 Å². The van der Waals surface area contributed by atoms with Crippen molar-refractivity contribution < 1.29 is 24.4 Å². The van der Waals surface area contributed by atoms with Gasteiger partial charge in [0.2, 0.25) is 0 Å². The minimum absolute atomic E-state index is 0.0300. The van der Waals surface area contributed by atoms with E-state index in [-0.39, 0.29) is 17.8 Å². The van der Waals surface area contributed by atoms with E-state index in [0.29, 0.717) is 12.3 Å². The molecule has 4 rings (SSSR count). The summed E-state index contributed by atoms with van der Waals surface area (Å²) in [7, 11) is 0. The number of fused-ring (bicyclic) bond motifs is 1. The normalized spacial score (nSPS) is 65.0. The van der Waals surface area contributed by atoms with Gasteiger partial charge in [0.15, 0.2) is 18.4 Å². The molecule has 4 aliphatic rings. The molecule has 3 saturated heterocycles. The van der Waals surface area contributed by atoms with Gasteiger partial charge in [0.25, 0.3) is 0 Å². The number of hydrogen-bond donors (Lipinski definition) is 2. The fraction of sp³-hybridized carbons (Fsp3) is 1.00. The fourth-order valence-electron chi connectivity index (χ4n) is 5.09. The third-order valence-electron chi connectivity index (χ3n) is 6.30. The van der Waals surface area contributed by atoms with Gasteiger partial charge in [-0.3, -0.25) is 0 Å². The molecule has 114 valence electrons. The van der Waals surface area contributed by atoms with Crippen molar-refractivity contribution in [1.29, 1.82) is 0 Å². The van der Waals surface area contributed by atoms with Gasteiger partial charge in [-0.25, -0.2) is 0 Å². The first kappa shape index (κ1) is 13.5. The fourth-order valence-corrected chi connectivity index (χ4v) is 5.09. The molecule has 0 aromatic carbocycles. The molecule has 3 aliphatic heterocycles. The smallest absolute Gasteiger partial charge is 0.195 e. The van der Waals surface area contributed by atoms with Crippen LogP contribution in [-0.2, 0) is 14.2 Å². The van der Waals surface area contributed by atoms with Crippen LogP contribution < -0.4 is 0 Å². The highest BCUT2D eigenvalue weighted by Crippen LogP contribution is 2.63. The van der Waals surface area contributed by atoms with Crippen LogP contribution in [0.15, 0.2) is 0 Å². The maximum absolute atomic E-state index is 10.4. The van der Waals surface area contributed by atoms with Crippen molar-refractivity contribution in [3.63, 3.8) is 0 Å². The van der Waals surface area contributed by atoms with E-state index >= 15 is 0 Å². The van der Waals surface area contributed by atoms with Crippen LogP contribution in [0, 0.1) is 23.7 Å². The number of aliphatic hydroxyl groups excluding tert-OH is 2. The summed E-state index contributed by atoms with van der Waals surface area (Å²) in [4.78, 5) is 0. The molecule has 0 amide bonds. The molecule has 2 bridgehead atoms. The lowest BCUT2D eigenvalue weighted by molar-refractivity contribution is -0.330. The minimum atomic E-state index is -1.000. The van der Waals surface area contributed by atoms with Gasteiger partial charge in [0.1, 0.15) is 11.7 Å². The first-order valence-corrected chi connectivity index (χ1v) is 7.78. The Bertz CT molecular complexity index is 424. The third kappa shape index (κ3) is 1.40. The molecular formula is C15H24O5. The Morgan fingerprint density at radius 2 is 1.85 bits per heavy atom. The molecule has 3 heterocycles. The number of hydrogen-bond acceptors (Lipinski definition) is 5. The molecular weight excluding hydrogens is 260 g/mol. The summed E-state index contributed by atoms with van der Waals surface area (Å²) in [5.74, 6) is -0.0399. The second-order valence-electron chi connectivity index (χ2n) is 7.33. The van der Waals surface area contributed by atoms with E-state index < -0.39 is 30.1 Å². The lowest BCUT2D eigenvalue weighted by Crippen LogP contribution is -2.67.